The second-order valence-corrected chi connectivity index (χ2v) is 3.93. The van der Waals surface area contributed by atoms with E-state index in [1.54, 1.807) is 0 Å². The molecule has 0 spiro atoms. The highest BCUT2D eigenvalue weighted by Gasteiger charge is 2.30. The molecule has 0 amide bonds. The van der Waals surface area contributed by atoms with Gasteiger partial charge in [0.15, 0.2) is 0 Å². The van der Waals surface area contributed by atoms with Crippen LogP contribution in [0.4, 0.5) is 0 Å². The third-order valence-corrected chi connectivity index (χ3v) is 3.12. The molecule has 2 heterocycles. The molecule has 2 aliphatic heterocycles. The number of likely N-dealkylation sites (N-methyl/N-ethyl adjacent to an activating group) is 1. The van der Waals surface area contributed by atoms with Crippen LogP contribution in [0.1, 0.15) is 13.3 Å². The van der Waals surface area contributed by atoms with Crippen LogP contribution in [0.2, 0.25) is 0 Å². The second kappa shape index (κ2) is 4.40. The van der Waals surface area contributed by atoms with Gasteiger partial charge in [-0.05, 0) is 13.0 Å². The van der Waals surface area contributed by atoms with E-state index >= 15 is 0 Å². The van der Waals surface area contributed by atoms with Crippen LogP contribution in [0, 0.1) is 5.92 Å². The van der Waals surface area contributed by atoms with Gasteiger partial charge < -0.3 is 9.47 Å². The van der Waals surface area contributed by atoms with E-state index in [9.17, 15) is 0 Å². The van der Waals surface area contributed by atoms with Crippen molar-refractivity contribution in [2.24, 2.45) is 5.92 Å². The SMILES string of the molecule is CCN1CCO[C@@H]([C@@H]2CCOC2)C1. The quantitative estimate of drug-likeness (QED) is 0.633. The van der Waals surface area contributed by atoms with E-state index in [2.05, 4.69) is 11.8 Å². The van der Waals surface area contributed by atoms with Crippen molar-refractivity contribution in [2.75, 3.05) is 39.5 Å². The Morgan fingerprint density at radius 2 is 2.31 bits per heavy atom. The zero-order chi connectivity index (χ0) is 9.10. The average molecular weight is 185 g/mol. The fourth-order valence-corrected chi connectivity index (χ4v) is 2.15. The molecule has 0 N–H and O–H groups in total. The molecule has 2 rings (SSSR count). The molecule has 0 saturated carbocycles. The highest BCUT2D eigenvalue weighted by Crippen LogP contribution is 2.21. The number of rotatable bonds is 2. The molecular formula is C10H19NO2. The molecule has 76 valence electrons. The van der Waals surface area contributed by atoms with Crippen molar-refractivity contribution in [3.05, 3.63) is 0 Å². The lowest BCUT2D eigenvalue weighted by molar-refractivity contribution is -0.0569. The monoisotopic (exact) mass is 185 g/mol. The lowest BCUT2D eigenvalue weighted by Gasteiger charge is -2.34. The fraction of sp³-hybridized carbons (Fsp3) is 1.00. The van der Waals surface area contributed by atoms with E-state index < -0.39 is 0 Å². The van der Waals surface area contributed by atoms with Crippen LogP contribution in [0.3, 0.4) is 0 Å². The van der Waals surface area contributed by atoms with E-state index in [0.29, 0.717) is 12.0 Å². The molecule has 3 nitrogen and oxygen atoms in total. The van der Waals surface area contributed by atoms with Gasteiger partial charge in [0.05, 0.1) is 19.3 Å². The van der Waals surface area contributed by atoms with Crippen LogP contribution in [0.25, 0.3) is 0 Å². The van der Waals surface area contributed by atoms with Gasteiger partial charge in [-0.25, -0.2) is 0 Å². The fourth-order valence-electron chi connectivity index (χ4n) is 2.15. The first-order chi connectivity index (χ1) is 6.40. The van der Waals surface area contributed by atoms with Crippen molar-refractivity contribution >= 4 is 0 Å². The maximum atomic E-state index is 5.77. The Bertz CT molecular complexity index is 157. The van der Waals surface area contributed by atoms with Gasteiger partial charge in [-0.3, -0.25) is 4.90 Å². The Morgan fingerprint density at radius 3 is 3.00 bits per heavy atom. The Morgan fingerprint density at radius 1 is 1.38 bits per heavy atom. The molecule has 13 heavy (non-hydrogen) atoms. The summed E-state index contributed by atoms with van der Waals surface area (Å²) in [5, 5.41) is 0. The van der Waals surface area contributed by atoms with Gasteiger partial charge in [-0.15, -0.1) is 0 Å². The minimum Gasteiger partial charge on any atom is -0.381 e. The number of hydrogen-bond donors (Lipinski definition) is 0. The van der Waals surface area contributed by atoms with E-state index in [4.69, 9.17) is 9.47 Å². The molecule has 0 aromatic carbocycles. The Kier molecular flexibility index (Phi) is 3.19. The zero-order valence-electron chi connectivity index (χ0n) is 8.37. The second-order valence-electron chi connectivity index (χ2n) is 3.93. The number of nitrogens with zero attached hydrogens (tertiary/aromatic N) is 1. The van der Waals surface area contributed by atoms with E-state index in [0.717, 1.165) is 39.5 Å². The van der Waals surface area contributed by atoms with Crippen molar-refractivity contribution in [3.8, 4) is 0 Å². The summed E-state index contributed by atoms with van der Waals surface area (Å²) in [4.78, 5) is 2.46. The summed E-state index contributed by atoms with van der Waals surface area (Å²) in [6.45, 7) is 8.29. The molecule has 2 fully saturated rings. The van der Waals surface area contributed by atoms with Gasteiger partial charge in [0, 0.05) is 25.6 Å². The minimum atomic E-state index is 0.427. The van der Waals surface area contributed by atoms with Crippen molar-refractivity contribution in [2.45, 2.75) is 19.4 Å². The molecule has 0 radical (unpaired) electrons. The molecule has 0 aliphatic carbocycles. The molecule has 2 atom stereocenters. The summed E-state index contributed by atoms with van der Waals surface area (Å²) < 4.78 is 11.2. The topological polar surface area (TPSA) is 21.7 Å². The molecule has 0 bridgehead atoms. The van der Waals surface area contributed by atoms with Crippen LogP contribution in [-0.2, 0) is 9.47 Å². The van der Waals surface area contributed by atoms with Crippen LogP contribution >= 0.6 is 0 Å². The maximum Gasteiger partial charge on any atom is 0.0753 e. The predicted molar refractivity (Wildman–Crippen MR) is 50.8 cm³/mol. The van der Waals surface area contributed by atoms with Gasteiger partial charge in [-0.1, -0.05) is 6.92 Å². The van der Waals surface area contributed by atoms with Crippen molar-refractivity contribution in [1.82, 2.24) is 4.90 Å². The van der Waals surface area contributed by atoms with Crippen LogP contribution in [0.5, 0.6) is 0 Å². The Balaban J connectivity index is 1.84. The van der Waals surface area contributed by atoms with Gasteiger partial charge in [0.25, 0.3) is 0 Å². The minimum absolute atomic E-state index is 0.427. The van der Waals surface area contributed by atoms with Gasteiger partial charge >= 0.3 is 0 Å². The van der Waals surface area contributed by atoms with Gasteiger partial charge in [-0.2, -0.15) is 0 Å². The standard InChI is InChI=1S/C10H19NO2/c1-2-11-4-6-13-10(7-11)9-3-5-12-8-9/h9-10H,2-8H2,1H3/t9-,10-/m1/s1. The summed E-state index contributed by atoms with van der Waals surface area (Å²) in [6.07, 6.45) is 1.61. The average Bonchev–Trinajstić information content (AvgIpc) is 2.71. The highest BCUT2D eigenvalue weighted by molar-refractivity contribution is 4.79. The van der Waals surface area contributed by atoms with Crippen molar-refractivity contribution in [3.63, 3.8) is 0 Å². The molecule has 0 aromatic rings. The summed E-state index contributed by atoms with van der Waals surface area (Å²) in [5.74, 6) is 0.648. The smallest absolute Gasteiger partial charge is 0.0753 e. The molecule has 3 heteroatoms. The van der Waals surface area contributed by atoms with E-state index in [1.807, 2.05) is 0 Å². The first kappa shape index (κ1) is 9.44. The lowest BCUT2D eigenvalue weighted by atomic mass is 10.0. The predicted octanol–water partition coefficient (Wildman–Crippen LogP) is 0.744. The van der Waals surface area contributed by atoms with Gasteiger partial charge in [0.1, 0.15) is 0 Å². The normalized spacial score (nSPS) is 36.7. The third kappa shape index (κ3) is 2.22. The summed E-state index contributed by atoms with van der Waals surface area (Å²) in [5.41, 5.74) is 0. The first-order valence-electron chi connectivity index (χ1n) is 5.32. The summed E-state index contributed by atoms with van der Waals surface area (Å²) in [6, 6.07) is 0. The molecule has 2 aliphatic rings. The molecular weight excluding hydrogens is 166 g/mol. The number of morpholine rings is 1. The highest BCUT2D eigenvalue weighted by atomic mass is 16.5. The van der Waals surface area contributed by atoms with E-state index in [1.165, 1.54) is 6.42 Å². The Labute approximate surface area is 80.0 Å². The molecule has 0 unspecified atom stereocenters. The van der Waals surface area contributed by atoms with Crippen LogP contribution < -0.4 is 0 Å². The zero-order valence-corrected chi connectivity index (χ0v) is 8.37. The summed E-state index contributed by atoms with van der Waals surface area (Å²) >= 11 is 0. The first-order valence-corrected chi connectivity index (χ1v) is 5.32. The molecule has 2 saturated heterocycles. The number of ether oxygens (including phenoxy) is 2. The summed E-state index contributed by atoms with van der Waals surface area (Å²) in [7, 11) is 0. The van der Waals surface area contributed by atoms with Crippen molar-refractivity contribution < 1.29 is 9.47 Å². The third-order valence-electron chi connectivity index (χ3n) is 3.12. The number of hydrogen-bond acceptors (Lipinski definition) is 3. The lowest BCUT2D eigenvalue weighted by Crippen LogP contribution is -2.45. The maximum absolute atomic E-state index is 5.77. The Hall–Kier alpha value is -0.120. The van der Waals surface area contributed by atoms with Gasteiger partial charge in [0.2, 0.25) is 0 Å². The largest absolute Gasteiger partial charge is 0.381 e. The van der Waals surface area contributed by atoms with Crippen LogP contribution in [0.15, 0.2) is 0 Å². The van der Waals surface area contributed by atoms with Crippen molar-refractivity contribution in [1.29, 1.82) is 0 Å². The molecule has 0 aromatic heterocycles. The van der Waals surface area contributed by atoms with E-state index in [-0.39, 0.29) is 0 Å². The van der Waals surface area contributed by atoms with Crippen LogP contribution in [-0.4, -0.2) is 50.5 Å².